The SMILES string of the molecule is NCCC[C@@H](N)C(=O)N[C@H](Cc1cccc2ccccc12)C(=O)NCc1ccccc1.O=C(O)C(F)(F)F. The molecule has 0 saturated heterocycles. The van der Waals surface area contributed by atoms with Crippen LogP contribution in [-0.2, 0) is 27.3 Å². The quantitative estimate of drug-likeness (QED) is 0.271. The summed E-state index contributed by atoms with van der Waals surface area (Å²) in [6.45, 7) is 0.860. The van der Waals surface area contributed by atoms with Gasteiger partial charge in [0.25, 0.3) is 0 Å². The highest BCUT2D eigenvalue weighted by Gasteiger charge is 2.38. The average Bonchev–Trinajstić information content (AvgIpc) is 2.90. The van der Waals surface area contributed by atoms with E-state index in [1.54, 1.807) is 0 Å². The molecule has 3 rings (SSSR count). The molecule has 0 bridgehead atoms. The smallest absolute Gasteiger partial charge is 0.475 e. The molecule has 0 aliphatic heterocycles. The van der Waals surface area contributed by atoms with Crippen molar-refractivity contribution in [3.8, 4) is 0 Å². The van der Waals surface area contributed by atoms with Crippen molar-refractivity contribution in [2.24, 2.45) is 11.5 Å². The summed E-state index contributed by atoms with van der Waals surface area (Å²) in [5.41, 5.74) is 13.5. The van der Waals surface area contributed by atoms with Crippen molar-refractivity contribution in [3.63, 3.8) is 0 Å². The zero-order valence-electron chi connectivity index (χ0n) is 20.6. The first-order valence-electron chi connectivity index (χ1n) is 11.9. The van der Waals surface area contributed by atoms with Crippen LogP contribution in [0, 0.1) is 0 Å². The van der Waals surface area contributed by atoms with Crippen molar-refractivity contribution in [1.82, 2.24) is 10.6 Å². The van der Waals surface area contributed by atoms with E-state index in [0.29, 0.717) is 32.4 Å². The van der Waals surface area contributed by atoms with Crippen LogP contribution in [0.1, 0.15) is 24.0 Å². The number of hydrogen-bond donors (Lipinski definition) is 5. The number of amides is 2. The van der Waals surface area contributed by atoms with Crippen molar-refractivity contribution >= 4 is 28.6 Å². The molecule has 7 N–H and O–H groups in total. The lowest BCUT2D eigenvalue weighted by atomic mass is 9.98. The third kappa shape index (κ3) is 9.83. The predicted octanol–water partition coefficient (Wildman–Crippen LogP) is 2.88. The molecular weight excluding hydrogens is 501 g/mol. The Morgan fingerprint density at radius 2 is 1.50 bits per heavy atom. The van der Waals surface area contributed by atoms with Gasteiger partial charge >= 0.3 is 12.1 Å². The van der Waals surface area contributed by atoms with Crippen LogP contribution in [0.2, 0.25) is 0 Å². The van der Waals surface area contributed by atoms with E-state index in [1.807, 2.05) is 72.8 Å². The van der Waals surface area contributed by atoms with Gasteiger partial charge in [-0.25, -0.2) is 4.79 Å². The van der Waals surface area contributed by atoms with Crippen LogP contribution in [-0.4, -0.2) is 47.7 Å². The number of alkyl halides is 3. The number of aliphatic carboxylic acids is 1. The minimum absolute atomic E-state index is 0.240. The second kappa shape index (κ2) is 14.7. The lowest BCUT2D eigenvalue weighted by Crippen LogP contribution is -2.52. The number of fused-ring (bicyclic) bond motifs is 1. The number of carbonyl (C=O) groups is 3. The highest BCUT2D eigenvalue weighted by Crippen LogP contribution is 2.20. The Labute approximate surface area is 218 Å². The maximum Gasteiger partial charge on any atom is 0.490 e. The first-order chi connectivity index (χ1) is 18.0. The van der Waals surface area contributed by atoms with Gasteiger partial charge in [-0.1, -0.05) is 72.8 Å². The lowest BCUT2D eigenvalue weighted by Gasteiger charge is -2.21. The highest BCUT2D eigenvalue weighted by molar-refractivity contribution is 5.91. The predicted molar refractivity (Wildman–Crippen MR) is 138 cm³/mol. The fraction of sp³-hybridized carbons (Fsp3) is 0.296. The van der Waals surface area contributed by atoms with E-state index in [9.17, 15) is 22.8 Å². The monoisotopic (exact) mass is 532 g/mol. The number of benzene rings is 3. The zero-order chi connectivity index (χ0) is 28.1. The van der Waals surface area contributed by atoms with Gasteiger partial charge in [0.05, 0.1) is 6.04 Å². The molecule has 2 atom stereocenters. The molecule has 0 fully saturated rings. The molecule has 3 aromatic carbocycles. The molecule has 0 spiro atoms. The zero-order valence-corrected chi connectivity index (χ0v) is 20.6. The Hall–Kier alpha value is -3.96. The van der Waals surface area contributed by atoms with Crippen LogP contribution in [0.5, 0.6) is 0 Å². The van der Waals surface area contributed by atoms with E-state index in [1.165, 1.54) is 0 Å². The van der Waals surface area contributed by atoms with Crippen LogP contribution in [0.3, 0.4) is 0 Å². The van der Waals surface area contributed by atoms with Crippen LogP contribution >= 0.6 is 0 Å². The van der Waals surface area contributed by atoms with E-state index >= 15 is 0 Å². The maximum atomic E-state index is 13.0. The molecule has 0 aromatic heterocycles. The van der Waals surface area contributed by atoms with E-state index in [0.717, 1.165) is 21.9 Å². The normalized spacial score (nSPS) is 12.6. The van der Waals surface area contributed by atoms with Gasteiger partial charge in [-0.3, -0.25) is 9.59 Å². The van der Waals surface area contributed by atoms with E-state index in [2.05, 4.69) is 10.6 Å². The van der Waals surface area contributed by atoms with Crippen LogP contribution in [0.4, 0.5) is 13.2 Å². The summed E-state index contributed by atoms with van der Waals surface area (Å²) in [4.78, 5) is 34.6. The Morgan fingerprint density at radius 3 is 2.13 bits per heavy atom. The van der Waals surface area contributed by atoms with Gasteiger partial charge in [-0.05, 0) is 41.3 Å². The second-order valence-electron chi connectivity index (χ2n) is 8.45. The summed E-state index contributed by atoms with van der Waals surface area (Å²) >= 11 is 0. The summed E-state index contributed by atoms with van der Waals surface area (Å²) in [7, 11) is 0. The van der Waals surface area contributed by atoms with Gasteiger partial charge in [0.1, 0.15) is 6.04 Å². The van der Waals surface area contributed by atoms with Crippen LogP contribution in [0.15, 0.2) is 72.8 Å². The number of carboxylic acid groups (broad SMARTS) is 1. The van der Waals surface area contributed by atoms with Crippen molar-refractivity contribution in [3.05, 3.63) is 83.9 Å². The fourth-order valence-corrected chi connectivity index (χ4v) is 3.56. The minimum atomic E-state index is -5.08. The van der Waals surface area contributed by atoms with Gasteiger partial charge in [0, 0.05) is 13.0 Å². The molecule has 3 aromatic rings. The summed E-state index contributed by atoms with van der Waals surface area (Å²) < 4.78 is 31.7. The summed E-state index contributed by atoms with van der Waals surface area (Å²) in [6, 6.07) is 22.2. The summed E-state index contributed by atoms with van der Waals surface area (Å²) in [6.07, 6.45) is -3.57. The van der Waals surface area contributed by atoms with Crippen molar-refractivity contribution in [1.29, 1.82) is 0 Å². The number of carboxylic acids is 1. The van der Waals surface area contributed by atoms with Crippen molar-refractivity contribution in [2.45, 2.75) is 44.1 Å². The molecule has 0 heterocycles. The third-order valence-electron chi connectivity index (χ3n) is 5.55. The summed E-state index contributed by atoms with van der Waals surface area (Å²) in [5.74, 6) is -3.34. The Bertz CT molecular complexity index is 1200. The molecule has 2 amide bonds. The number of rotatable bonds is 10. The minimum Gasteiger partial charge on any atom is -0.475 e. The molecular formula is C27H31F3N4O4. The fourth-order valence-electron chi connectivity index (χ4n) is 3.56. The molecule has 0 radical (unpaired) electrons. The molecule has 0 aliphatic rings. The van der Waals surface area contributed by atoms with E-state index < -0.39 is 24.2 Å². The number of nitrogens with one attached hydrogen (secondary N) is 2. The van der Waals surface area contributed by atoms with E-state index in [4.69, 9.17) is 21.4 Å². The average molecular weight is 533 g/mol. The third-order valence-corrected chi connectivity index (χ3v) is 5.55. The maximum absolute atomic E-state index is 13.0. The first-order valence-corrected chi connectivity index (χ1v) is 11.9. The number of halogens is 3. The Kier molecular flexibility index (Phi) is 11.7. The second-order valence-corrected chi connectivity index (χ2v) is 8.45. The Morgan fingerprint density at radius 1 is 0.895 bits per heavy atom. The van der Waals surface area contributed by atoms with Crippen molar-refractivity contribution in [2.75, 3.05) is 6.54 Å². The molecule has 204 valence electrons. The molecule has 38 heavy (non-hydrogen) atoms. The van der Waals surface area contributed by atoms with Gasteiger partial charge in [-0.2, -0.15) is 13.2 Å². The molecule has 0 aliphatic carbocycles. The van der Waals surface area contributed by atoms with Gasteiger partial charge in [-0.15, -0.1) is 0 Å². The van der Waals surface area contributed by atoms with Gasteiger partial charge < -0.3 is 27.2 Å². The molecule has 8 nitrogen and oxygen atoms in total. The number of hydrogen-bond acceptors (Lipinski definition) is 5. The Balaban J connectivity index is 0.000000638. The number of carbonyl (C=O) groups excluding carboxylic acids is 2. The van der Waals surface area contributed by atoms with Crippen LogP contribution < -0.4 is 22.1 Å². The lowest BCUT2D eigenvalue weighted by molar-refractivity contribution is -0.192. The summed E-state index contributed by atoms with van der Waals surface area (Å²) in [5, 5.41) is 15.1. The van der Waals surface area contributed by atoms with Gasteiger partial charge in [0.2, 0.25) is 11.8 Å². The molecule has 0 saturated carbocycles. The number of nitrogens with two attached hydrogens (primary N) is 2. The standard InChI is InChI=1S/C25H30N4O2.C2HF3O2/c26-15-7-14-22(27)24(30)29-23(25(31)28-17-18-8-2-1-3-9-18)16-20-12-6-11-19-10-4-5-13-21(19)20;3-2(4,5)1(6)7/h1-6,8-13,22-23H,7,14-17,26-27H2,(H,28,31)(H,29,30);(H,6,7)/t22-,23-;/m1./s1. The molecule has 0 unspecified atom stereocenters. The van der Waals surface area contributed by atoms with Crippen LogP contribution in [0.25, 0.3) is 10.8 Å². The highest BCUT2D eigenvalue weighted by atomic mass is 19.4. The van der Waals surface area contributed by atoms with Gasteiger partial charge in [0.15, 0.2) is 0 Å². The topological polar surface area (TPSA) is 148 Å². The van der Waals surface area contributed by atoms with E-state index in [-0.39, 0.29) is 11.8 Å². The first kappa shape index (κ1) is 30.3. The largest absolute Gasteiger partial charge is 0.490 e. The molecule has 11 heteroatoms. The van der Waals surface area contributed by atoms with Crippen molar-refractivity contribution < 1.29 is 32.7 Å².